The summed E-state index contributed by atoms with van der Waals surface area (Å²) in [6.07, 6.45) is -3.93. The molecule has 2 fully saturated rings. The third-order valence-electron chi connectivity index (χ3n) is 10.0. The fraction of sp³-hybridized carbons (Fsp3) is 0.429. The van der Waals surface area contributed by atoms with Gasteiger partial charge in [0.2, 0.25) is 0 Å². The van der Waals surface area contributed by atoms with Crippen LogP contribution >= 0.6 is 0 Å². The molecule has 0 aromatic heterocycles. The van der Waals surface area contributed by atoms with E-state index < -0.39 is 24.3 Å². The van der Waals surface area contributed by atoms with E-state index in [-0.39, 0.29) is 30.9 Å². The second-order valence-corrected chi connectivity index (χ2v) is 13.6. The molecule has 1 heterocycles. The van der Waals surface area contributed by atoms with E-state index in [0.717, 1.165) is 22.3 Å². The summed E-state index contributed by atoms with van der Waals surface area (Å²) in [5, 5.41) is 0. The minimum atomic E-state index is -4.14. The first-order valence-electron chi connectivity index (χ1n) is 17.8. The SMILES string of the molecule is FC(F)(F)C1CCC(CN2C[C@H](OCc3ccccc3)[C@@H](OCc3ccccc3)[C@H](OCc3ccccc3)[C@@H]2COCc2ccccc2)CC1. The van der Waals surface area contributed by atoms with Crippen LogP contribution in [0.2, 0.25) is 0 Å². The van der Waals surface area contributed by atoms with Gasteiger partial charge in [0.05, 0.1) is 51.1 Å². The maximum absolute atomic E-state index is 13.6. The smallest absolute Gasteiger partial charge is 0.375 e. The summed E-state index contributed by atoms with van der Waals surface area (Å²) in [6.45, 7) is 3.19. The zero-order valence-electron chi connectivity index (χ0n) is 28.5. The number of nitrogens with zero attached hydrogens (tertiary/aromatic N) is 1. The lowest BCUT2D eigenvalue weighted by atomic mass is 9.80. The molecule has 0 spiro atoms. The number of benzene rings is 4. The highest BCUT2D eigenvalue weighted by atomic mass is 19.4. The summed E-state index contributed by atoms with van der Waals surface area (Å²) in [4.78, 5) is 2.36. The molecule has 0 radical (unpaired) electrons. The van der Waals surface area contributed by atoms with Gasteiger partial charge in [0, 0.05) is 13.1 Å². The zero-order valence-corrected chi connectivity index (χ0v) is 28.5. The maximum atomic E-state index is 13.6. The Morgan fingerprint density at radius 3 is 1.46 bits per heavy atom. The minimum absolute atomic E-state index is 0.136. The maximum Gasteiger partial charge on any atom is 0.391 e. The van der Waals surface area contributed by atoms with E-state index in [4.69, 9.17) is 18.9 Å². The molecule has 0 N–H and O–H groups in total. The van der Waals surface area contributed by atoms with Gasteiger partial charge in [-0.25, -0.2) is 0 Å². The lowest BCUT2D eigenvalue weighted by Gasteiger charge is -2.49. The molecule has 1 aliphatic heterocycles. The van der Waals surface area contributed by atoms with Crippen LogP contribution in [0, 0.1) is 11.8 Å². The van der Waals surface area contributed by atoms with Crippen molar-refractivity contribution in [1.29, 1.82) is 0 Å². The zero-order chi connectivity index (χ0) is 34.6. The average molecular weight is 688 g/mol. The second kappa shape index (κ2) is 18.1. The largest absolute Gasteiger partial charge is 0.391 e. The summed E-state index contributed by atoms with van der Waals surface area (Å²) in [5.74, 6) is -1.08. The van der Waals surface area contributed by atoms with Crippen molar-refractivity contribution in [2.75, 3.05) is 19.7 Å². The Bertz CT molecular complexity index is 1520. The fourth-order valence-corrected chi connectivity index (χ4v) is 7.26. The van der Waals surface area contributed by atoms with E-state index in [9.17, 15) is 13.2 Å². The van der Waals surface area contributed by atoms with E-state index in [0.29, 0.717) is 59.0 Å². The van der Waals surface area contributed by atoms with Crippen LogP contribution in [-0.2, 0) is 45.4 Å². The fourth-order valence-electron chi connectivity index (χ4n) is 7.26. The number of piperidine rings is 1. The molecule has 8 heteroatoms. The molecule has 4 atom stereocenters. The first kappa shape index (κ1) is 36.3. The molecular formula is C42H48F3NO4. The van der Waals surface area contributed by atoms with E-state index >= 15 is 0 Å². The lowest BCUT2D eigenvalue weighted by Crippen LogP contribution is -2.65. The molecule has 50 heavy (non-hydrogen) atoms. The highest BCUT2D eigenvalue weighted by Crippen LogP contribution is 2.40. The third-order valence-corrected chi connectivity index (χ3v) is 10.0. The average Bonchev–Trinajstić information content (AvgIpc) is 3.15. The first-order valence-corrected chi connectivity index (χ1v) is 17.8. The highest BCUT2D eigenvalue weighted by molar-refractivity contribution is 5.16. The molecule has 6 rings (SSSR count). The van der Waals surface area contributed by atoms with Crippen LogP contribution in [0.5, 0.6) is 0 Å². The molecule has 1 saturated heterocycles. The standard InChI is InChI=1S/C42H48F3NO4/c43-42(44,45)37-23-21-32(22-24-37)25-46-26-39(48-28-34-15-7-2-8-16-34)41(50-30-36-19-11-4-12-20-36)40(49-29-35-17-9-3-10-18-35)38(46)31-47-27-33-13-5-1-6-14-33/h1-20,32,37-41H,21-31H2/t32?,37?,38-,39-,40+,41+/m0/s1. The van der Waals surface area contributed by atoms with Crippen LogP contribution in [0.25, 0.3) is 0 Å². The number of ether oxygens (including phenoxy) is 4. The quantitative estimate of drug-likeness (QED) is 0.125. The Labute approximate surface area is 294 Å². The number of likely N-dealkylation sites (tertiary alicyclic amines) is 1. The van der Waals surface area contributed by atoms with Crippen molar-refractivity contribution < 1.29 is 32.1 Å². The van der Waals surface area contributed by atoms with Gasteiger partial charge in [-0.3, -0.25) is 4.90 Å². The molecular weight excluding hydrogens is 639 g/mol. The van der Waals surface area contributed by atoms with Gasteiger partial charge < -0.3 is 18.9 Å². The number of hydrogen-bond acceptors (Lipinski definition) is 5. The Hall–Kier alpha value is -3.53. The van der Waals surface area contributed by atoms with Crippen LogP contribution in [0.3, 0.4) is 0 Å². The molecule has 1 saturated carbocycles. The van der Waals surface area contributed by atoms with Crippen LogP contribution < -0.4 is 0 Å². The van der Waals surface area contributed by atoms with Crippen molar-refractivity contribution in [3.63, 3.8) is 0 Å². The van der Waals surface area contributed by atoms with Crippen molar-refractivity contribution in [2.45, 2.75) is 82.6 Å². The molecule has 5 nitrogen and oxygen atoms in total. The van der Waals surface area contributed by atoms with Gasteiger partial charge in [-0.15, -0.1) is 0 Å². The molecule has 0 unspecified atom stereocenters. The summed E-state index contributed by atoms with van der Waals surface area (Å²) in [5.41, 5.74) is 4.23. The summed E-state index contributed by atoms with van der Waals surface area (Å²) < 4.78 is 67.6. The summed E-state index contributed by atoms with van der Waals surface area (Å²) >= 11 is 0. The van der Waals surface area contributed by atoms with E-state index in [1.165, 1.54) is 0 Å². The predicted octanol–water partition coefficient (Wildman–Crippen LogP) is 9.01. The predicted molar refractivity (Wildman–Crippen MR) is 188 cm³/mol. The van der Waals surface area contributed by atoms with Gasteiger partial charge in [-0.05, 0) is 53.9 Å². The van der Waals surface area contributed by atoms with E-state index in [1.54, 1.807) is 0 Å². The van der Waals surface area contributed by atoms with Crippen molar-refractivity contribution in [3.8, 4) is 0 Å². The van der Waals surface area contributed by atoms with Crippen LogP contribution in [0.15, 0.2) is 121 Å². The Balaban J connectivity index is 1.28. The Morgan fingerprint density at radius 2 is 0.980 bits per heavy atom. The molecule has 0 amide bonds. The molecule has 0 bridgehead atoms. The van der Waals surface area contributed by atoms with Crippen molar-refractivity contribution >= 4 is 0 Å². The minimum Gasteiger partial charge on any atom is -0.375 e. The third kappa shape index (κ3) is 10.5. The Kier molecular flexibility index (Phi) is 13.1. The normalized spacial score (nSPS) is 24.6. The lowest BCUT2D eigenvalue weighted by molar-refractivity contribution is -0.213. The van der Waals surface area contributed by atoms with Gasteiger partial charge in [-0.2, -0.15) is 13.2 Å². The van der Waals surface area contributed by atoms with Crippen molar-refractivity contribution in [1.82, 2.24) is 4.90 Å². The molecule has 266 valence electrons. The van der Waals surface area contributed by atoms with Crippen LogP contribution in [0.4, 0.5) is 13.2 Å². The summed E-state index contributed by atoms with van der Waals surface area (Å²) in [6, 6.07) is 40.1. The molecule has 4 aromatic rings. The van der Waals surface area contributed by atoms with E-state index in [2.05, 4.69) is 4.90 Å². The highest BCUT2D eigenvalue weighted by Gasteiger charge is 2.47. The Morgan fingerprint density at radius 1 is 0.540 bits per heavy atom. The van der Waals surface area contributed by atoms with Gasteiger partial charge in [0.25, 0.3) is 0 Å². The van der Waals surface area contributed by atoms with Crippen LogP contribution in [0.1, 0.15) is 47.9 Å². The number of alkyl halides is 3. The van der Waals surface area contributed by atoms with Crippen molar-refractivity contribution in [3.05, 3.63) is 144 Å². The van der Waals surface area contributed by atoms with E-state index in [1.807, 2.05) is 121 Å². The molecule has 2 aliphatic rings. The number of rotatable bonds is 15. The number of hydrogen-bond donors (Lipinski definition) is 0. The topological polar surface area (TPSA) is 40.2 Å². The summed E-state index contributed by atoms with van der Waals surface area (Å²) in [7, 11) is 0. The van der Waals surface area contributed by atoms with Gasteiger partial charge >= 0.3 is 6.18 Å². The van der Waals surface area contributed by atoms with Gasteiger partial charge in [-0.1, -0.05) is 121 Å². The van der Waals surface area contributed by atoms with Crippen molar-refractivity contribution in [2.24, 2.45) is 11.8 Å². The number of halogens is 3. The van der Waals surface area contributed by atoms with Crippen LogP contribution in [-0.4, -0.2) is 55.1 Å². The second-order valence-electron chi connectivity index (χ2n) is 13.6. The van der Waals surface area contributed by atoms with Gasteiger partial charge in [0.15, 0.2) is 0 Å². The monoisotopic (exact) mass is 687 g/mol. The van der Waals surface area contributed by atoms with Gasteiger partial charge in [0.1, 0.15) is 12.2 Å². The first-order chi connectivity index (χ1) is 24.4. The molecule has 4 aromatic carbocycles. The molecule has 1 aliphatic carbocycles.